The van der Waals surface area contributed by atoms with Crippen molar-refractivity contribution in [2.24, 2.45) is 23.7 Å². The third-order valence-electron chi connectivity index (χ3n) is 6.05. The van der Waals surface area contributed by atoms with E-state index < -0.39 is 11.8 Å². The molecule has 0 aromatic heterocycles. The van der Waals surface area contributed by atoms with Crippen molar-refractivity contribution in [1.82, 2.24) is 0 Å². The van der Waals surface area contributed by atoms with Gasteiger partial charge in [0.1, 0.15) is 0 Å². The molecule has 1 aliphatic carbocycles. The molecule has 0 N–H and O–H groups in total. The van der Waals surface area contributed by atoms with E-state index in [1.807, 2.05) is 12.2 Å². The minimum atomic E-state index is -0.406. The molecule has 4 atom stereocenters. The van der Waals surface area contributed by atoms with E-state index in [0.717, 1.165) is 51.4 Å². The number of esters is 2. The van der Waals surface area contributed by atoms with Crippen LogP contribution in [0.25, 0.3) is 0 Å². The zero-order valence-corrected chi connectivity index (χ0v) is 18.6. The van der Waals surface area contributed by atoms with Gasteiger partial charge in [-0.25, -0.2) is 0 Å². The van der Waals surface area contributed by atoms with Gasteiger partial charge in [0.05, 0.1) is 25.0 Å². The molecule has 28 heavy (non-hydrogen) atoms. The second kappa shape index (κ2) is 14.6. The van der Waals surface area contributed by atoms with Gasteiger partial charge in [-0.3, -0.25) is 9.59 Å². The number of unbranched alkanes of at least 4 members (excludes halogenated alkanes) is 2. The molecule has 1 rings (SSSR count). The van der Waals surface area contributed by atoms with Crippen LogP contribution in [0, 0.1) is 23.7 Å². The second-order valence-electron chi connectivity index (χ2n) is 8.25. The maximum absolute atomic E-state index is 12.7. The topological polar surface area (TPSA) is 52.6 Å². The third kappa shape index (κ3) is 8.79. The molecule has 0 fully saturated rings. The first-order valence-electron chi connectivity index (χ1n) is 11.5. The normalized spacial score (nSPS) is 21.1. The lowest BCUT2D eigenvalue weighted by Gasteiger charge is -2.27. The summed E-state index contributed by atoms with van der Waals surface area (Å²) in [7, 11) is 0. The molecule has 4 nitrogen and oxygen atoms in total. The van der Waals surface area contributed by atoms with Gasteiger partial charge in [-0.05, 0) is 37.5 Å². The molecule has 0 heterocycles. The molecule has 162 valence electrons. The highest BCUT2D eigenvalue weighted by Gasteiger charge is 2.36. The van der Waals surface area contributed by atoms with Gasteiger partial charge in [0.25, 0.3) is 0 Å². The fourth-order valence-corrected chi connectivity index (χ4v) is 3.75. The van der Waals surface area contributed by atoms with Gasteiger partial charge >= 0.3 is 11.9 Å². The molecule has 0 saturated carbocycles. The van der Waals surface area contributed by atoms with Crippen LogP contribution in [0.1, 0.15) is 91.9 Å². The Hall–Kier alpha value is -1.32. The van der Waals surface area contributed by atoms with E-state index in [1.54, 1.807) is 0 Å². The van der Waals surface area contributed by atoms with Crippen LogP contribution < -0.4 is 0 Å². The van der Waals surface area contributed by atoms with Gasteiger partial charge < -0.3 is 9.47 Å². The monoisotopic (exact) mass is 394 g/mol. The van der Waals surface area contributed by atoms with Gasteiger partial charge in [0, 0.05) is 0 Å². The van der Waals surface area contributed by atoms with Crippen molar-refractivity contribution in [2.75, 3.05) is 13.2 Å². The van der Waals surface area contributed by atoms with Crippen LogP contribution in [0.5, 0.6) is 0 Å². The largest absolute Gasteiger partial charge is 0.465 e. The molecule has 0 bridgehead atoms. The van der Waals surface area contributed by atoms with Gasteiger partial charge in [-0.15, -0.1) is 0 Å². The fourth-order valence-electron chi connectivity index (χ4n) is 3.75. The first-order chi connectivity index (χ1) is 13.6. The van der Waals surface area contributed by atoms with Crippen molar-refractivity contribution in [3.8, 4) is 0 Å². The van der Waals surface area contributed by atoms with E-state index in [0.29, 0.717) is 37.9 Å². The Kier molecular flexibility index (Phi) is 12.9. The zero-order valence-electron chi connectivity index (χ0n) is 18.6. The number of ether oxygens (including phenoxy) is 2. The van der Waals surface area contributed by atoms with E-state index >= 15 is 0 Å². The van der Waals surface area contributed by atoms with Gasteiger partial charge in [-0.2, -0.15) is 0 Å². The van der Waals surface area contributed by atoms with Crippen LogP contribution in [0.4, 0.5) is 0 Å². The molecule has 0 spiro atoms. The van der Waals surface area contributed by atoms with E-state index in [2.05, 4.69) is 27.7 Å². The summed E-state index contributed by atoms with van der Waals surface area (Å²) in [4.78, 5) is 25.4. The molecule has 4 heteroatoms. The Bertz CT molecular complexity index is 429. The Morgan fingerprint density at radius 3 is 1.50 bits per heavy atom. The molecular weight excluding hydrogens is 352 g/mol. The SMILES string of the molecule is CCCC[C@@H](CC)COC(=O)[C@H]1CC=CC[C@H]1C(=O)OC[C@@H](CC)CCCC. The lowest BCUT2D eigenvalue weighted by molar-refractivity contribution is -0.162. The van der Waals surface area contributed by atoms with Gasteiger partial charge in [0.2, 0.25) is 0 Å². The maximum Gasteiger partial charge on any atom is 0.310 e. The fraction of sp³-hybridized carbons (Fsp3) is 0.833. The summed E-state index contributed by atoms with van der Waals surface area (Å²) in [5.41, 5.74) is 0. The lowest BCUT2D eigenvalue weighted by Crippen LogP contribution is -2.35. The summed E-state index contributed by atoms with van der Waals surface area (Å²) >= 11 is 0. The number of hydrogen-bond donors (Lipinski definition) is 0. The summed E-state index contributed by atoms with van der Waals surface area (Å²) in [6, 6.07) is 0. The Balaban J connectivity index is 2.56. The zero-order chi connectivity index (χ0) is 20.8. The smallest absolute Gasteiger partial charge is 0.310 e. The summed E-state index contributed by atoms with van der Waals surface area (Å²) in [6.07, 6.45) is 13.9. The Labute approximate surface area is 172 Å². The molecule has 0 aliphatic heterocycles. The van der Waals surface area contributed by atoms with E-state index in [9.17, 15) is 9.59 Å². The van der Waals surface area contributed by atoms with Crippen LogP contribution in [-0.4, -0.2) is 25.2 Å². The van der Waals surface area contributed by atoms with Crippen LogP contribution in [0.2, 0.25) is 0 Å². The highest BCUT2D eigenvalue weighted by molar-refractivity contribution is 5.82. The standard InChI is InChI=1S/C24H42O4/c1-5-9-13-19(7-3)17-27-23(25)21-15-11-12-16-22(21)24(26)28-18-20(8-4)14-10-6-2/h11-12,19-22H,5-10,13-18H2,1-4H3/t19-,20+,21+,22-. The van der Waals surface area contributed by atoms with Crippen molar-refractivity contribution < 1.29 is 19.1 Å². The molecule has 0 aromatic rings. The van der Waals surface area contributed by atoms with Crippen molar-refractivity contribution in [3.05, 3.63) is 12.2 Å². The number of allylic oxidation sites excluding steroid dienone is 2. The van der Waals surface area contributed by atoms with Crippen LogP contribution in [-0.2, 0) is 19.1 Å². The van der Waals surface area contributed by atoms with Crippen LogP contribution in [0.3, 0.4) is 0 Å². The average Bonchev–Trinajstić information content (AvgIpc) is 2.73. The van der Waals surface area contributed by atoms with E-state index in [-0.39, 0.29) is 11.9 Å². The molecule has 0 saturated heterocycles. The van der Waals surface area contributed by atoms with Crippen molar-refractivity contribution in [1.29, 1.82) is 0 Å². The third-order valence-corrected chi connectivity index (χ3v) is 6.05. The highest BCUT2D eigenvalue weighted by Crippen LogP contribution is 2.29. The Morgan fingerprint density at radius 2 is 1.18 bits per heavy atom. The minimum Gasteiger partial charge on any atom is -0.465 e. The molecule has 0 aromatic carbocycles. The predicted molar refractivity (Wildman–Crippen MR) is 114 cm³/mol. The molecule has 0 amide bonds. The quantitative estimate of drug-likeness (QED) is 0.264. The molecule has 1 aliphatic rings. The predicted octanol–water partition coefficient (Wildman–Crippen LogP) is 6.09. The maximum atomic E-state index is 12.7. The number of carbonyl (C=O) groups is 2. The number of carbonyl (C=O) groups excluding carboxylic acids is 2. The van der Waals surface area contributed by atoms with E-state index in [4.69, 9.17) is 9.47 Å². The van der Waals surface area contributed by atoms with Crippen LogP contribution in [0.15, 0.2) is 12.2 Å². The highest BCUT2D eigenvalue weighted by atomic mass is 16.5. The molecule has 0 radical (unpaired) electrons. The average molecular weight is 395 g/mol. The lowest BCUT2D eigenvalue weighted by atomic mass is 9.83. The van der Waals surface area contributed by atoms with Crippen molar-refractivity contribution >= 4 is 11.9 Å². The summed E-state index contributed by atoms with van der Waals surface area (Å²) in [6.45, 7) is 9.56. The summed E-state index contributed by atoms with van der Waals surface area (Å²) in [5, 5.41) is 0. The molecule has 0 unspecified atom stereocenters. The summed E-state index contributed by atoms with van der Waals surface area (Å²) < 4.78 is 11.3. The van der Waals surface area contributed by atoms with Crippen molar-refractivity contribution in [3.63, 3.8) is 0 Å². The first-order valence-corrected chi connectivity index (χ1v) is 11.5. The summed E-state index contributed by atoms with van der Waals surface area (Å²) in [5.74, 6) is -0.457. The van der Waals surface area contributed by atoms with Crippen LogP contribution >= 0.6 is 0 Å². The molecular formula is C24H42O4. The second-order valence-corrected chi connectivity index (χ2v) is 8.25. The first kappa shape index (κ1) is 24.7. The number of rotatable bonds is 14. The Morgan fingerprint density at radius 1 is 0.786 bits per heavy atom. The number of hydrogen-bond acceptors (Lipinski definition) is 4. The van der Waals surface area contributed by atoms with Gasteiger partial charge in [-0.1, -0.05) is 78.4 Å². The van der Waals surface area contributed by atoms with E-state index in [1.165, 1.54) is 0 Å². The minimum absolute atomic E-state index is 0.237. The van der Waals surface area contributed by atoms with Crippen molar-refractivity contribution in [2.45, 2.75) is 91.9 Å². The van der Waals surface area contributed by atoms with Gasteiger partial charge in [0.15, 0.2) is 0 Å².